The lowest BCUT2D eigenvalue weighted by atomic mass is 9.72. The van der Waals surface area contributed by atoms with Gasteiger partial charge in [0.15, 0.2) is 0 Å². The lowest BCUT2D eigenvalue weighted by molar-refractivity contribution is 0.376. The summed E-state index contributed by atoms with van der Waals surface area (Å²) in [5.41, 5.74) is 3.57. The summed E-state index contributed by atoms with van der Waals surface area (Å²) in [6.45, 7) is 11.5. The van der Waals surface area contributed by atoms with E-state index in [0.29, 0.717) is 11.3 Å². The molecule has 0 saturated carbocycles. The SMILES string of the molecule is CC1=C(/C=C\C(C)C)C(C)(C)CCC1. The molecule has 0 spiro atoms. The third kappa shape index (κ3) is 2.73. The summed E-state index contributed by atoms with van der Waals surface area (Å²) in [5, 5.41) is 0. The van der Waals surface area contributed by atoms with Gasteiger partial charge in [0.2, 0.25) is 0 Å². The van der Waals surface area contributed by atoms with E-state index in [2.05, 4.69) is 46.8 Å². The standard InChI is InChI=1S/C14H24/c1-11(2)8-9-13-12(3)7-6-10-14(13,4)5/h8-9,11H,6-7,10H2,1-5H3/b9-8-. The second kappa shape index (κ2) is 4.33. The van der Waals surface area contributed by atoms with E-state index in [9.17, 15) is 0 Å². The van der Waals surface area contributed by atoms with E-state index in [4.69, 9.17) is 0 Å². The van der Waals surface area contributed by atoms with Crippen molar-refractivity contribution in [1.29, 1.82) is 0 Å². The van der Waals surface area contributed by atoms with E-state index in [-0.39, 0.29) is 0 Å². The summed E-state index contributed by atoms with van der Waals surface area (Å²) < 4.78 is 0. The number of rotatable bonds is 2. The number of allylic oxidation sites excluding steroid dienone is 4. The average molecular weight is 192 g/mol. The van der Waals surface area contributed by atoms with E-state index in [0.717, 1.165) is 0 Å². The Bertz CT molecular complexity index is 251. The summed E-state index contributed by atoms with van der Waals surface area (Å²) in [6.07, 6.45) is 8.67. The van der Waals surface area contributed by atoms with Crippen molar-refractivity contribution >= 4 is 0 Å². The molecule has 0 heteroatoms. The van der Waals surface area contributed by atoms with Crippen LogP contribution in [-0.4, -0.2) is 0 Å². The van der Waals surface area contributed by atoms with E-state index in [1.165, 1.54) is 19.3 Å². The molecule has 0 N–H and O–H groups in total. The Hall–Kier alpha value is -0.520. The van der Waals surface area contributed by atoms with Gasteiger partial charge in [-0.2, -0.15) is 0 Å². The Labute approximate surface area is 89.1 Å². The van der Waals surface area contributed by atoms with Crippen LogP contribution in [0.25, 0.3) is 0 Å². The van der Waals surface area contributed by atoms with E-state index in [1.807, 2.05) is 0 Å². The van der Waals surface area contributed by atoms with Crippen LogP contribution in [0.4, 0.5) is 0 Å². The molecule has 0 fully saturated rings. The zero-order valence-electron chi connectivity index (χ0n) is 10.4. The minimum absolute atomic E-state index is 0.397. The van der Waals surface area contributed by atoms with Gasteiger partial charge in [-0.05, 0) is 43.1 Å². The Morgan fingerprint density at radius 2 is 1.93 bits per heavy atom. The molecule has 0 aromatic heterocycles. The van der Waals surface area contributed by atoms with Crippen LogP contribution in [0.1, 0.15) is 53.9 Å². The van der Waals surface area contributed by atoms with Crippen molar-refractivity contribution in [3.8, 4) is 0 Å². The predicted molar refractivity (Wildman–Crippen MR) is 64.3 cm³/mol. The summed E-state index contributed by atoms with van der Waals surface area (Å²) in [7, 11) is 0. The van der Waals surface area contributed by atoms with Gasteiger partial charge in [-0.1, -0.05) is 45.4 Å². The molecule has 80 valence electrons. The van der Waals surface area contributed by atoms with Crippen molar-refractivity contribution in [2.24, 2.45) is 11.3 Å². The van der Waals surface area contributed by atoms with Gasteiger partial charge in [-0.25, -0.2) is 0 Å². The van der Waals surface area contributed by atoms with Crippen molar-refractivity contribution in [3.63, 3.8) is 0 Å². The smallest absolute Gasteiger partial charge is 0.0104 e. The Balaban J connectivity index is 2.91. The first-order valence-electron chi connectivity index (χ1n) is 5.82. The van der Waals surface area contributed by atoms with E-state index in [1.54, 1.807) is 11.1 Å². The quantitative estimate of drug-likeness (QED) is 0.593. The van der Waals surface area contributed by atoms with Gasteiger partial charge in [-0.15, -0.1) is 0 Å². The molecule has 0 bridgehead atoms. The highest BCUT2D eigenvalue weighted by Crippen LogP contribution is 2.40. The third-order valence-electron chi connectivity index (χ3n) is 3.19. The van der Waals surface area contributed by atoms with Crippen LogP contribution >= 0.6 is 0 Å². The normalized spacial score (nSPS) is 22.4. The number of hydrogen-bond acceptors (Lipinski definition) is 0. The Morgan fingerprint density at radius 3 is 2.43 bits per heavy atom. The Kier molecular flexibility index (Phi) is 3.58. The zero-order chi connectivity index (χ0) is 10.8. The first-order valence-corrected chi connectivity index (χ1v) is 5.82. The van der Waals surface area contributed by atoms with Crippen LogP contribution in [0.5, 0.6) is 0 Å². The van der Waals surface area contributed by atoms with Gasteiger partial charge in [-0.3, -0.25) is 0 Å². The predicted octanol–water partition coefficient (Wildman–Crippen LogP) is 4.73. The molecule has 14 heavy (non-hydrogen) atoms. The van der Waals surface area contributed by atoms with Crippen molar-refractivity contribution in [2.75, 3.05) is 0 Å². The van der Waals surface area contributed by atoms with Crippen LogP contribution < -0.4 is 0 Å². The summed E-state index contributed by atoms with van der Waals surface area (Å²) in [4.78, 5) is 0. The summed E-state index contributed by atoms with van der Waals surface area (Å²) in [5.74, 6) is 0.660. The highest BCUT2D eigenvalue weighted by molar-refractivity contribution is 5.32. The first-order chi connectivity index (χ1) is 6.43. The largest absolute Gasteiger partial charge is 0.0817 e. The Morgan fingerprint density at radius 1 is 1.29 bits per heavy atom. The second-order valence-corrected chi connectivity index (χ2v) is 5.53. The summed E-state index contributed by atoms with van der Waals surface area (Å²) in [6, 6.07) is 0. The fourth-order valence-corrected chi connectivity index (χ4v) is 2.30. The van der Waals surface area contributed by atoms with Gasteiger partial charge in [0.1, 0.15) is 0 Å². The molecule has 0 atom stereocenters. The first kappa shape index (κ1) is 11.6. The van der Waals surface area contributed by atoms with Crippen molar-refractivity contribution < 1.29 is 0 Å². The van der Waals surface area contributed by atoms with Gasteiger partial charge in [0.05, 0.1) is 0 Å². The van der Waals surface area contributed by atoms with Gasteiger partial charge >= 0.3 is 0 Å². The molecule has 0 aromatic carbocycles. The van der Waals surface area contributed by atoms with Gasteiger partial charge in [0, 0.05) is 0 Å². The highest BCUT2D eigenvalue weighted by atomic mass is 14.3. The highest BCUT2D eigenvalue weighted by Gasteiger charge is 2.26. The molecule has 0 unspecified atom stereocenters. The van der Waals surface area contributed by atoms with Crippen LogP contribution in [-0.2, 0) is 0 Å². The fraction of sp³-hybridized carbons (Fsp3) is 0.714. The maximum atomic E-state index is 2.37. The molecule has 0 heterocycles. The minimum Gasteiger partial charge on any atom is -0.0817 e. The zero-order valence-corrected chi connectivity index (χ0v) is 10.4. The molecule has 0 nitrogen and oxygen atoms in total. The monoisotopic (exact) mass is 192 g/mol. The van der Waals surface area contributed by atoms with Crippen LogP contribution in [0.3, 0.4) is 0 Å². The molecular weight excluding hydrogens is 168 g/mol. The molecule has 0 amide bonds. The molecular formula is C14H24. The molecule has 0 saturated heterocycles. The average Bonchev–Trinajstić information content (AvgIpc) is 2.01. The summed E-state index contributed by atoms with van der Waals surface area (Å²) >= 11 is 0. The minimum atomic E-state index is 0.397. The molecule has 0 aliphatic heterocycles. The molecule has 0 aromatic rings. The van der Waals surface area contributed by atoms with E-state index < -0.39 is 0 Å². The molecule has 1 aliphatic rings. The second-order valence-electron chi connectivity index (χ2n) is 5.53. The lowest BCUT2D eigenvalue weighted by Gasteiger charge is -2.33. The molecule has 0 radical (unpaired) electrons. The lowest BCUT2D eigenvalue weighted by Crippen LogP contribution is -2.19. The van der Waals surface area contributed by atoms with E-state index >= 15 is 0 Å². The fourth-order valence-electron chi connectivity index (χ4n) is 2.30. The van der Waals surface area contributed by atoms with Crippen LogP contribution in [0, 0.1) is 11.3 Å². The maximum absolute atomic E-state index is 2.37. The maximum Gasteiger partial charge on any atom is -0.0104 e. The third-order valence-corrected chi connectivity index (χ3v) is 3.19. The molecule has 1 rings (SSSR count). The van der Waals surface area contributed by atoms with Gasteiger partial charge < -0.3 is 0 Å². The number of hydrogen-bond donors (Lipinski definition) is 0. The van der Waals surface area contributed by atoms with Crippen LogP contribution in [0.15, 0.2) is 23.3 Å². The van der Waals surface area contributed by atoms with Crippen molar-refractivity contribution in [2.45, 2.75) is 53.9 Å². The van der Waals surface area contributed by atoms with Crippen LogP contribution in [0.2, 0.25) is 0 Å². The topological polar surface area (TPSA) is 0 Å². The van der Waals surface area contributed by atoms with Gasteiger partial charge in [0.25, 0.3) is 0 Å². The molecule has 1 aliphatic carbocycles. The van der Waals surface area contributed by atoms with Crippen molar-refractivity contribution in [1.82, 2.24) is 0 Å². The van der Waals surface area contributed by atoms with Crippen molar-refractivity contribution in [3.05, 3.63) is 23.3 Å².